The number of carbonyl (C=O) groups excluding carboxylic acids is 1. The quantitative estimate of drug-likeness (QED) is 0.872. The molecule has 0 aromatic heterocycles. The van der Waals surface area contributed by atoms with Crippen molar-refractivity contribution in [2.24, 2.45) is 0 Å². The lowest BCUT2D eigenvalue weighted by Crippen LogP contribution is -3.08. The number of nitrogens with zero attached hydrogens (tertiary/aromatic N) is 1. The molecular formula is C17H16Cl2N3O+. The zero-order valence-electron chi connectivity index (χ0n) is 12.6. The van der Waals surface area contributed by atoms with E-state index in [0.717, 1.165) is 10.5 Å². The van der Waals surface area contributed by atoms with Crippen molar-refractivity contribution < 1.29 is 9.69 Å². The third kappa shape index (κ3) is 5.26. The van der Waals surface area contributed by atoms with Gasteiger partial charge in [0.15, 0.2) is 6.54 Å². The van der Waals surface area contributed by atoms with Gasteiger partial charge in [0, 0.05) is 11.3 Å². The van der Waals surface area contributed by atoms with Gasteiger partial charge in [-0.3, -0.25) is 4.79 Å². The first kappa shape index (κ1) is 17.3. The van der Waals surface area contributed by atoms with Gasteiger partial charge in [0.25, 0.3) is 5.91 Å². The molecule has 0 aliphatic carbocycles. The number of nitriles is 1. The van der Waals surface area contributed by atoms with E-state index in [1.807, 2.05) is 25.2 Å². The Bertz CT molecular complexity index is 756. The zero-order valence-corrected chi connectivity index (χ0v) is 14.1. The summed E-state index contributed by atoms with van der Waals surface area (Å²) in [5.41, 5.74) is 2.15. The number of carbonyl (C=O) groups is 1. The van der Waals surface area contributed by atoms with E-state index < -0.39 is 0 Å². The molecule has 0 radical (unpaired) electrons. The second-order valence-electron chi connectivity index (χ2n) is 5.30. The van der Waals surface area contributed by atoms with Crippen LogP contribution in [0.1, 0.15) is 11.1 Å². The molecule has 2 N–H and O–H groups in total. The van der Waals surface area contributed by atoms with Crippen LogP contribution in [0.2, 0.25) is 10.0 Å². The Morgan fingerprint density at radius 1 is 1.22 bits per heavy atom. The van der Waals surface area contributed by atoms with E-state index in [1.165, 1.54) is 0 Å². The third-order valence-corrected chi connectivity index (χ3v) is 3.97. The van der Waals surface area contributed by atoms with Crippen LogP contribution in [0, 0.1) is 11.3 Å². The summed E-state index contributed by atoms with van der Waals surface area (Å²) in [6.45, 7) is 0.958. The molecule has 118 valence electrons. The van der Waals surface area contributed by atoms with E-state index in [0.29, 0.717) is 34.4 Å². The van der Waals surface area contributed by atoms with E-state index >= 15 is 0 Å². The molecule has 0 fully saturated rings. The second-order valence-corrected chi connectivity index (χ2v) is 6.11. The normalized spacial score (nSPS) is 11.6. The van der Waals surface area contributed by atoms with Gasteiger partial charge >= 0.3 is 0 Å². The minimum atomic E-state index is -0.113. The molecule has 0 heterocycles. The van der Waals surface area contributed by atoms with Gasteiger partial charge < -0.3 is 10.2 Å². The largest absolute Gasteiger partial charge is 0.326 e. The number of nitrogens with one attached hydrogen (secondary N) is 2. The number of quaternary nitrogens is 1. The van der Waals surface area contributed by atoms with Crippen LogP contribution in [0.4, 0.5) is 5.69 Å². The Kier molecular flexibility index (Phi) is 6.00. The molecule has 1 unspecified atom stereocenters. The summed E-state index contributed by atoms with van der Waals surface area (Å²) in [4.78, 5) is 13.1. The second kappa shape index (κ2) is 7.98. The molecule has 0 aliphatic heterocycles. The lowest BCUT2D eigenvalue weighted by atomic mass is 10.2. The fraction of sp³-hybridized carbons (Fsp3) is 0.176. The molecule has 2 aromatic rings. The van der Waals surface area contributed by atoms with Gasteiger partial charge in [-0.15, -0.1) is 0 Å². The number of hydrogen-bond donors (Lipinski definition) is 2. The van der Waals surface area contributed by atoms with Gasteiger partial charge in [0.05, 0.1) is 28.7 Å². The summed E-state index contributed by atoms with van der Waals surface area (Å²) in [5, 5.41) is 12.7. The molecule has 0 spiro atoms. The Morgan fingerprint density at radius 3 is 2.70 bits per heavy atom. The van der Waals surface area contributed by atoms with Crippen molar-refractivity contribution in [1.82, 2.24) is 0 Å². The van der Waals surface area contributed by atoms with E-state index in [9.17, 15) is 4.79 Å². The van der Waals surface area contributed by atoms with Crippen molar-refractivity contribution in [3.05, 3.63) is 63.6 Å². The highest BCUT2D eigenvalue weighted by Gasteiger charge is 2.12. The zero-order chi connectivity index (χ0) is 16.8. The van der Waals surface area contributed by atoms with E-state index in [4.69, 9.17) is 28.5 Å². The number of benzene rings is 2. The minimum absolute atomic E-state index is 0.113. The fourth-order valence-electron chi connectivity index (χ4n) is 2.21. The summed E-state index contributed by atoms with van der Waals surface area (Å²) < 4.78 is 0. The number of hydrogen-bond acceptors (Lipinski definition) is 2. The molecule has 0 saturated heterocycles. The van der Waals surface area contributed by atoms with Crippen molar-refractivity contribution in [2.45, 2.75) is 6.54 Å². The Hall–Kier alpha value is -2.06. The first-order valence-electron chi connectivity index (χ1n) is 7.03. The van der Waals surface area contributed by atoms with Crippen LogP contribution in [-0.4, -0.2) is 19.5 Å². The van der Waals surface area contributed by atoms with Crippen LogP contribution in [0.5, 0.6) is 0 Å². The first-order chi connectivity index (χ1) is 11.0. The minimum Gasteiger partial charge on any atom is -0.326 e. The summed E-state index contributed by atoms with van der Waals surface area (Å²) in [7, 11) is 1.92. The summed E-state index contributed by atoms with van der Waals surface area (Å²) >= 11 is 11.9. The van der Waals surface area contributed by atoms with E-state index in [-0.39, 0.29) is 5.91 Å². The molecule has 2 rings (SSSR count). The van der Waals surface area contributed by atoms with Crippen LogP contribution in [0.25, 0.3) is 0 Å². The average Bonchev–Trinajstić information content (AvgIpc) is 2.51. The fourth-order valence-corrected chi connectivity index (χ4v) is 2.53. The van der Waals surface area contributed by atoms with Crippen molar-refractivity contribution in [2.75, 3.05) is 18.9 Å². The van der Waals surface area contributed by atoms with Crippen molar-refractivity contribution >= 4 is 34.8 Å². The monoisotopic (exact) mass is 348 g/mol. The number of anilines is 1. The van der Waals surface area contributed by atoms with Gasteiger partial charge in [-0.2, -0.15) is 5.26 Å². The first-order valence-corrected chi connectivity index (χ1v) is 7.79. The lowest BCUT2D eigenvalue weighted by Gasteiger charge is -2.14. The number of likely N-dealkylation sites (N-methyl/N-ethyl adjacent to an activating group) is 1. The van der Waals surface area contributed by atoms with Gasteiger partial charge in [0.2, 0.25) is 0 Å². The lowest BCUT2D eigenvalue weighted by molar-refractivity contribution is -0.885. The maximum absolute atomic E-state index is 12.1. The molecular weight excluding hydrogens is 333 g/mol. The summed E-state index contributed by atoms with van der Waals surface area (Å²) in [6.07, 6.45) is 0. The molecule has 6 heteroatoms. The summed E-state index contributed by atoms with van der Waals surface area (Å²) in [5.74, 6) is -0.113. The average molecular weight is 349 g/mol. The van der Waals surface area contributed by atoms with Crippen molar-refractivity contribution in [3.8, 4) is 6.07 Å². The predicted octanol–water partition coefficient (Wildman–Crippen LogP) is 2.52. The number of rotatable bonds is 5. The van der Waals surface area contributed by atoms with Crippen molar-refractivity contribution in [1.29, 1.82) is 5.26 Å². The maximum atomic E-state index is 12.1. The molecule has 23 heavy (non-hydrogen) atoms. The standard InChI is InChI=1S/C17H15Cl2N3O/c1-22(10-13-5-6-15(18)16(19)8-13)11-17(23)21-14-4-2-3-12(7-14)9-20/h2-8H,10-11H2,1H3,(H,21,23)/p+1. The van der Waals surface area contributed by atoms with Gasteiger partial charge in [-0.1, -0.05) is 35.3 Å². The Labute approximate surface area is 145 Å². The predicted molar refractivity (Wildman–Crippen MR) is 91.7 cm³/mol. The molecule has 0 aliphatic rings. The maximum Gasteiger partial charge on any atom is 0.279 e. The van der Waals surface area contributed by atoms with Gasteiger partial charge in [-0.25, -0.2) is 0 Å². The Balaban J connectivity index is 1.91. The highest BCUT2D eigenvalue weighted by molar-refractivity contribution is 6.42. The van der Waals surface area contributed by atoms with Crippen LogP contribution in [0.3, 0.4) is 0 Å². The number of halogens is 2. The van der Waals surface area contributed by atoms with Crippen LogP contribution in [-0.2, 0) is 11.3 Å². The number of amides is 1. The molecule has 0 bridgehead atoms. The molecule has 0 saturated carbocycles. The van der Waals surface area contributed by atoms with E-state index in [1.54, 1.807) is 30.3 Å². The molecule has 1 amide bonds. The van der Waals surface area contributed by atoms with Crippen LogP contribution in [0.15, 0.2) is 42.5 Å². The van der Waals surface area contributed by atoms with Crippen molar-refractivity contribution in [3.63, 3.8) is 0 Å². The third-order valence-electron chi connectivity index (χ3n) is 3.23. The SMILES string of the molecule is C[NH+](CC(=O)Nc1cccc(C#N)c1)Cc1ccc(Cl)c(Cl)c1. The highest BCUT2D eigenvalue weighted by atomic mass is 35.5. The topological polar surface area (TPSA) is 57.3 Å². The molecule has 4 nitrogen and oxygen atoms in total. The van der Waals surface area contributed by atoms with Gasteiger partial charge in [-0.05, 0) is 30.3 Å². The Morgan fingerprint density at radius 2 is 2.00 bits per heavy atom. The van der Waals surface area contributed by atoms with Gasteiger partial charge in [0.1, 0.15) is 6.54 Å². The molecule has 2 aromatic carbocycles. The molecule has 1 atom stereocenters. The van der Waals surface area contributed by atoms with Crippen LogP contribution >= 0.6 is 23.2 Å². The highest BCUT2D eigenvalue weighted by Crippen LogP contribution is 2.22. The van der Waals surface area contributed by atoms with Crippen LogP contribution < -0.4 is 10.2 Å². The smallest absolute Gasteiger partial charge is 0.279 e. The van der Waals surface area contributed by atoms with E-state index in [2.05, 4.69) is 5.32 Å². The summed E-state index contributed by atoms with van der Waals surface area (Å²) in [6, 6.07) is 14.3.